The van der Waals surface area contributed by atoms with E-state index in [2.05, 4.69) is 10.2 Å². The van der Waals surface area contributed by atoms with Crippen LogP contribution in [0, 0.1) is 0 Å². The van der Waals surface area contributed by atoms with Crippen LogP contribution in [0.15, 0.2) is 29.8 Å². The normalized spacial score (nSPS) is 10.6. The minimum Gasteiger partial charge on any atom is -0.348 e. The van der Waals surface area contributed by atoms with Gasteiger partial charge in [0, 0.05) is 20.3 Å². The zero-order chi connectivity index (χ0) is 11.5. The van der Waals surface area contributed by atoms with Crippen LogP contribution in [0.3, 0.4) is 0 Å². The molecule has 0 aromatic carbocycles. The maximum absolute atomic E-state index is 11.8. The molecule has 0 aliphatic heterocycles. The van der Waals surface area contributed by atoms with E-state index in [1.54, 1.807) is 10.9 Å². The van der Waals surface area contributed by atoms with Gasteiger partial charge in [0.15, 0.2) is 10.9 Å². The lowest BCUT2D eigenvalue weighted by atomic mass is 10.3. The van der Waals surface area contributed by atoms with Crippen LogP contribution in [0.25, 0.3) is 0 Å². The monoisotopic (exact) mass is 236 g/mol. The van der Waals surface area contributed by atoms with Gasteiger partial charge in [0.05, 0.1) is 11.4 Å². The number of Topliss-reactive ketones (excluding diaryl/α,β-unsaturated/α-hetero) is 1. The SMILES string of the molecule is Cn1cccc1C(=O)CSc1nncn1C. The van der Waals surface area contributed by atoms with E-state index in [1.807, 2.05) is 37.0 Å². The summed E-state index contributed by atoms with van der Waals surface area (Å²) >= 11 is 1.40. The molecule has 0 aliphatic carbocycles. The summed E-state index contributed by atoms with van der Waals surface area (Å²) in [4.78, 5) is 11.8. The first-order valence-corrected chi connectivity index (χ1v) is 5.78. The lowest BCUT2D eigenvalue weighted by molar-refractivity contribution is 0.101. The van der Waals surface area contributed by atoms with Crippen LogP contribution in [-0.2, 0) is 14.1 Å². The summed E-state index contributed by atoms with van der Waals surface area (Å²) in [5, 5.41) is 8.42. The maximum Gasteiger partial charge on any atom is 0.191 e. The largest absolute Gasteiger partial charge is 0.348 e. The number of aryl methyl sites for hydroxylation is 2. The van der Waals surface area contributed by atoms with Gasteiger partial charge in [-0.3, -0.25) is 4.79 Å². The molecule has 0 atom stereocenters. The molecule has 0 aliphatic rings. The molecule has 0 amide bonds. The summed E-state index contributed by atoms with van der Waals surface area (Å²) in [5.74, 6) is 0.477. The molecule has 0 N–H and O–H groups in total. The van der Waals surface area contributed by atoms with Crippen molar-refractivity contribution in [2.75, 3.05) is 5.75 Å². The van der Waals surface area contributed by atoms with Gasteiger partial charge in [-0.15, -0.1) is 10.2 Å². The molecular weight excluding hydrogens is 224 g/mol. The van der Waals surface area contributed by atoms with Gasteiger partial charge in [-0.05, 0) is 12.1 Å². The highest BCUT2D eigenvalue weighted by molar-refractivity contribution is 7.99. The van der Waals surface area contributed by atoms with Crippen LogP contribution in [0.2, 0.25) is 0 Å². The van der Waals surface area contributed by atoms with Crippen LogP contribution in [0.1, 0.15) is 10.5 Å². The number of hydrogen-bond acceptors (Lipinski definition) is 4. The highest BCUT2D eigenvalue weighted by Gasteiger charge is 2.11. The summed E-state index contributed by atoms with van der Waals surface area (Å²) in [6.45, 7) is 0. The fourth-order valence-corrected chi connectivity index (χ4v) is 2.12. The van der Waals surface area contributed by atoms with Crippen molar-refractivity contribution in [3.8, 4) is 0 Å². The highest BCUT2D eigenvalue weighted by atomic mass is 32.2. The van der Waals surface area contributed by atoms with Gasteiger partial charge in [-0.2, -0.15) is 0 Å². The first-order valence-electron chi connectivity index (χ1n) is 4.80. The Balaban J connectivity index is 1.99. The molecule has 0 saturated carbocycles. The molecule has 0 spiro atoms. The molecule has 2 aromatic heterocycles. The van der Waals surface area contributed by atoms with E-state index in [9.17, 15) is 4.79 Å². The Labute approximate surface area is 97.5 Å². The van der Waals surface area contributed by atoms with E-state index in [0.29, 0.717) is 5.75 Å². The van der Waals surface area contributed by atoms with Crippen LogP contribution in [0.4, 0.5) is 0 Å². The van der Waals surface area contributed by atoms with Crippen LogP contribution in [0.5, 0.6) is 0 Å². The molecule has 0 unspecified atom stereocenters. The lowest BCUT2D eigenvalue weighted by Crippen LogP contribution is -2.08. The molecule has 2 aromatic rings. The van der Waals surface area contributed by atoms with Crippen molar-refractivity contribution in [1.82, 2.24) is 19.3 Å². The highest BCUT2D eigenvalue weighted by Crippen LogP contribution is 2.15. The topological polar surface area (TPSA) is 52.7 Å². The molecule has 0 saturated heterocycles. The molecule has 5 nitrogen and oxygen atoms in total. The third-order valence-corrected chi connectivity index (χ3v) is 3.27. The van der Waals surface area contributed by atoms with Gasteiger partial charge in [0.1, 0.15) is 6.33 Å². The van der Waals surface area contributed by atoms with Crippen molar-refractivity contribution in [2.45, 2.75) is 5.16 Å². The van der Waals surface area contributed by atoms with E-state index < -0.39 is 0 Å². The maximum atomic E-state index is 11.8. The standard InChI is InChI=1S/C10H12N4OS/c1-13-5-3-4-8(13)9(15)6-16-10-12-11-7-14(10)2/h3-5,7H,6H2,1-2H3. The van der Waals surface area contributed by atoms with Crippen LogP contribution < -0.4 is 0 Å². The second kappa shape index (κ2) is 4.52. The average Bonchev–Trinajstić information content (AvgIpc) is 2.84. The van der Waals surface area contributed by atoms with Crippen molar-refractivity contribution in [3.05, 3.63) is 30.4 Å². The Kier molecular flexibility index (Phi) is 3.09. The first kappa shape index (κ1) is 10.9. The van der Waals surface area contributed by atoms with Gasteiger partial charge in [0.25, 0.3) is 0 Å². The second-order valence-corrected chi connectivity index (χ2v) is 4.38. The van der Waals surface area contributed by atoms with Crippen molar-refractivity contribution in [2.24, 2.45) is 14.1 Å². The third-order valence-electron chi connectivity index (χ3n) is 2.23. The number of ketones is 1. The fourth-order valence-electron chi connectivity index (χ4n) is 1.36. The van der Waals surface area contributed by atoms with Crippen molar-refractivity contribution in [3.63, 3.8) is 0 Å². The van der Waals surface area contributed by atoms with Gasteiger partial charge >= 0.3 is 0 Å². The van der Waals surface area contributed by atoms with E-state index in [4.69, 9.17) is 0 Å². The molecule has 0 radical (unpaired) electrons. The Hall–Kier alpha value is -1.56. The number of thioether (sulfide) groups is 1. The first-order chi connectivity index (χ1) is 7.68. The molecule has 6 heteroatoms. The summed E-state index contributed by atoms with van der Waals surface area (Å²) < 4.78 is 3.61. The molecule has 0 fully saturated rings. The molecule has 2 heterocycles. The van der Waals surface area contributed by atoms with Gasteiger partial charge in [0.2, 0.25) is 0 Å². The van der Waals surface area contributed by atoms with E-state index in [0.717, 1.165) is 10.9 Å². The average molecular weight is 236 g/mol. The zero-order valence-electron chi connectivity index (χ0n) is 9.12. The number of carbonyl (C=O) groups is 1. The Bertz CT molecular complexity index is 502. The lowest BCUT2D eigenvalue weighted by Gasteiger charge is -2.02. The van der Waals surface area contributed by atoms with E-state index in [-0.39, 0.29) is 5.78 Å². The number of hydrogen-bond donors (Lipinski definition) is 0. The molecule has 0 bridgehead atoms. The van der Waals surface area contributed by atoms with Crippen molar-refractivity contribution in [1.29, 1.82) is 0 Å². The Morgan fingerprint density at radius 1 is 1.44 bits per heavy atom. The zero-order valence-corrected chi connectivity index (χ0v) is 9.94. The molecule has 84 valence electrons. The molecule has 2 rings (SSSR count). The smallest absolute Gasteiger partial charge is 0.191 e. The quantitative estimate of drug-likeness (QED) is 0.590. The van der Waals surface area contributed by atoms with Crippen molar-refractivity contribution >= 4 is 17.5 Å². The minimum atomic E-state index is 0.0977. The summed E-state index contributed by atoms with van der Waals surface area (Å²) in [7, 11) is 3.72. The van der Waals surface area contributed by atoms with E-state index >= 15 is 0 Å². The number of carbonyl (C=O) groups excluding carboxylic acids is 1. The second-order valence-electron chi connectivity index (χ2n) is 3.44. The number of rotatable bonds is 4. The summed E-state index contributed by atoms with van der Waals surface area (Å²) in [6.07, 6.45) is 3.48. The molecular formula is C10H12N4OS. The summed E-state index contributed by atoms with van der Waals surface area (Å²) in [5.41, 5.74) is 0.717. The van der Waals surface area contributed by atoms with E-state index in [1.165, 1.54) is 11.8 Å². The fraction of sp³-hybridized carbons (Fsp3) is 0.300. The van der Waals surface area contributed by atoms with Gasteiger partial charge in [-0.1, -0.05) is 11.8 Å². The Morgan fingerprint density at radius 2 is 2.25 bits per heavy atom. The number of aromatic nitrogens is 4. The van der Waals surface area contributed by atoms with Gasteiger partial charge < -0.3 is 9.13 Å². The van der Waals surface area contributed by atoms with Crippen molar-refractivity contribution < 1.29 is 4.79 Å². The van der Waals surface area contributed by atoms with Crippen LogP contribution in [-0.4, -0.2) is 30.9 Å². The summed E-state index contributed by atoms with van der Waals surface area (Å²) in [6, 6.07) is 3.68. The molecule has 16 heavy (non-hydrogen) atoms. The number of nitrogens with zero attached hydrogens (tertiary/aromatic N) is 4. The van der Waals surface area contributed by atoms with Gasteiger partial charge in [-0.25, -0.2) is 0 Å². The predicted octanol–water partition coefficient (Wildman–Crippen LogP) is 1.13. The third kappa shape index (κ3) is 2.16. The Morgan fingerprint density at radius 3 is 2.81 bits per heavy atom. The minimum absolute atomic E-state index is 0.0977. The van der Waals surface area contributed by atoms with Crippen LogP contribution >= 0.6 is 11.8 Å². The predicted molar refractivity (Wildman–Crippen MR) is 61.5 cm³/mol.